The number of piperidine rings is 1. The van der Waals surface area contributed by atoms with E-state index in [0.717, 1.165) is 45.3 Å². The fourth-order valence-corrected chi connectivity index (χ4v) is 3.07. The highest BCUT2D eigenvalue weighted by Gasteiger charge is 2.33. The first-order valence-corrected chi connectivity index (χ1v) is 8.25. The Bertz CT molecular complexity index is 733. The van der Waals surface area contributed by atoms with Gasteiger partial charge in [-0.05, 0) is 37.9 Å². The Morgan fingerprint density at radius 2 is 1.96 bits per heavy atom. The van der Waals surface area contributed by atoms with Crippen molar-refractivity contribution in [2.24, 2.45) is 5.92 Å². The fourth-order valence-electron chi connectivity index (χ4n) is 3.07. The van der Waals surface area contributed by atoms with Gasteiger partial charge < -0.3 is 4.90 Å². The van der Waals surface area contributed by atoms with Gasteiger partial charge in [-0.1, -0.05) is 0 Å². The summed E-state index contributed by atoms with van der Waals surface area (Å²) in [6.45, 7) is 3.98. The van der Waals surface area contributed by atoms with Crippen LogP contribution in [0.1, 0.15) is 18.5 Å². The number of nitrogens with zero attached hydrogens (tertiary/aromatic N) is 5. The molecule has 0 atom stereocenters. The first kappa shape index (κ1) is 17.7. The smallest absolute Gasteiger partial charge is 0.301 e. The second-order valence-corrected chi connectivity index (χ2v) is 6.32. The minimum absolute atomic E-state index is 0.275. The van der Waals surface area contributed by atoms with E-state index in [9.17, 15) is 18.0 Å². The second kappa shape index (κ2) is 7.38. The molecule has 0 saturated carbocycles. The lowest BCUT2D eigenvalue weighted by molar-refractivity contribution is -0.141. The molecule has 1 aliphatic heterocycles. The zero-order valence-corrected chi connectivity index (χ0v) is 13.7. The van der Waals surface area contributed by atoms with Gasteiger partial charge in [-0.25, -0.2) is 4.98 Å². The van der Waals surface area contributed by atoms with Gasteiger partial charge in [-0.2, -0.15) is 18.3 Å². The third kappa shape index (κ3) is 4.68. The molecule has 0 aromatic carbocycles. The van der Waals surface area contributed by atoms with E-state index < -0.39 is 17.4 Å². The molecule has 3 rings (SSSR count). The molecule has 0 amide bonds. The van der Waals surface area contributed by atoms with Gasteiger partial charge in [0, 0.05) is 31.5 Å². The van der Waals surface area contributed by atoms with Crippen molar-refractivity contribution in [2.75, 3.05) is 19.6 Å². The van der Waals surface area contributed by atoms with E-state index in [1.807, 2.05) is 16.9 Å². The van der Waals surface area contributed by atoms with E-state index in [2.05, 4.69) is 15.0 Å². The Morgan fingerprint density at radius 1 is 1.20 bits per heavy atom. The summed E-state index contributed by atoms with van der Waals surface area (Å²) >= 11 is 0. The van der Waals surface area contributed by atoms with Crippen LogP contribution < -0.4 is 5.56 Å². The number of hydrogen-bond acceptors (Lipinski definition) is 4. The second-order valence-electron chi connectivity index (χ2n) is 6.32. The summed E-state index contributed by atoms with van der Waals surface area (Å²) in [6, 6.07) is 2.46. The first-order valence-electron chi connectivity index (χ1n) is 8.25. The van der Waals surface area contributed by atoms with Crippen LogP contribution in [0, 0.1) is 5.92 Å². The van der Waals surface area contributed by atoms with Crippen LogP contribution in [0.25, 0.3) is 0 Å². The summed E-state index contributed by atoms with van der Waals surface area (Å²) < 4.78 is 40.8. The molecule has 1 saturated heterocycles. The molecule has 9 heteroatoms. The molecular formula is C16H20F3N5O. The predicted molar refractivity (Wildman–Crippen MR) is 84.9 cm³/mol. The number of hydrogen-bond donors (Lipinski definition) is 0. The maximum atomic E-state index is 12.6. The van der Waals surface area contributed by atoms with Crippen LogP contribution >= 0.6 is 0 Å². The van der Waals surface area contributed by atoms with Gasteiger partial charge in [0.25, 0.3) is 5.56 Å². The van der Waals surface area contributed by atoms with Crippen molar-refractivity contribution in [2.45, 2.75) is 32.1 Å². The van der Waals surface area contributed by atoms with Crippen LogP contribution in [0.2, 0.25) is 0 Å². The fraction of sp³-hybridized carbons (Fsp3) is 0.562. The Morgan fingerprint density at radius 3 is 2.56 bits per heavy atom. The largest absolute Gasteiger partial charge is 0.433 e. The monoisotopic (exact) mass is 355 g/mol. The number of aromatic nitrogens is 4. The lowest BCUT2D eigenvalue weighted by Gasteiger charge is -2.32. The highest BCUT2D eigenvalue weighted by atomic mass is 19.4. The van der Waals surface area contributed by atoms with Gasteiger partial charge >= 0.3 is 6.18 Å². The molecule has 3 heterocycles. The lowest BCUT2D eigenvalue weighted by Crippen LogP contribution is -2.38. The average molecular weight is 355 g/mol. The number of alkyl halides is 3. The lowest BCUT2D eigenvalue weighted by atomic mass is 9.96. The van der Waals surface area contributed by atoms with Crippen molar-refractivity contribution < 1.29 is 13.2 Å². The summed E-state index contributed by atoms with van der Waals surface area (Å²) in [6.07, 6.45) is 1.92. The normalized spacial score (nSPS) is 17.1. The van der Waals surface area contributed by atoms with E-state index in [4.69, 9.17) is 0 Å². The van der Waals surface area contributed by atoms with E-state index in [-0.39, 0.29) is 5.92 Å². The van der Waals surface area contributed by atoms with Crippen LogP contribution in [0.4, 0.5) is 13.2 Å². The van der Waals surface area contributed by atoms with Crippen molar-refractivity contribution in [1.29, 1.82) is 0 Å². The van der Waals surface area contributed by atoms with Gasteiger partial charge in [0.15, 0.2) is 5.69 Å². The highest BCUT2D eigenvalue weighted by Crippen LogP contribution is 2.26. The van der Waals surface area contributed by atoms with Crippen molar-refractivity contribution in [3.05, 3.63) is 46.9 Å². The molecule has 2 aromatic rings. The van der Waals surface area contributed by atoms with Crippen LogP contribution in [0.5, 0.6) is 0 Å². The van der Waals surface area contributed by atoms with Crippen LogP contribution in [0.15, 0.2) is 35.6 Å². The molecule has 1 aliphatic rings. The Hall–Kier alpha value is -2.16. The molecule has 0 N–H and O–H groups in total. The summed E-state index contributed by atoms with van der Waals surface area (Å²) in [4.78, 5) is 17.6. The molecule has 0 radical (unpaired) electrons. The van der Waals surface area contributed by atoms with Crippen molar-refractivity contribution in [1.82, 2.24) is 24.2 Å². The minimum atomic E-state index is -4.59. The molecule has 1 fully saturated rings. The maximum absolute atomic E-state index is 12.6. The van der Waals surface area contributed by atoms with Gasteiger partial charge in [-0.15, -0.1) is 0 Å². The zero-order valence-electron chi connectivity index (χ0n) is 13.7. The van der Waals surface area contributed by atoms with Gasteiger partial charge in [0.05, 0.1) is 12.9 Å². The van der Waals surface area contributed by atoms with Gasteiger partial charge in [0.2, 0.25) is 0 Å². The van der Waals surface area contributed by atoms with Crippen molar-refractivity contribution in [3.8, 4) is 0 Å². The van der Waals surface area contributed by atoms with Crippen LogP contribution in [0.3, 0.4) is 0 Å². The summed E-state index contributed by atoms with van der Waals surface area (Å²) in [5.74, 6) is 0.275. The molecule has 6 nitrogen and oxygen atoms in total. The molecular weight excluding hydrogens is 335 g/mol. The Kier molecular flexibility index (Phi) is 5.22. The summed E-state index contributed by atoms with van der Waals surface area (Å²) in [5, 5.41) is 4.17. The minimum Gasteiger partial charge on any atom is -0.301 e. The third-order valence-corrected chi connectivity index (χ3v) is 4.54. The average Bonchev–Trinajstić information content (AvgIpc) is 3.08. The standard InChI is InChI=1S/C16H20F3N5O/c17-16(18,19)14-10-15(25)23(12-20-14)11-13-2-6-22(7-3-13)8-9-24-5-1-4-21-24/h1,4-5,10,12-13H,2-3,6-9,11H2. The molecule has 136 valence electrons. The Balaban J connectivity index is 1.49. The quantitative estimate of drug-likeness (QED) is 0.822. The highest BCUT2D eigenvalue weighted by molar-refractivity contribution is 5.03. The van der Waals surface area contributed by atoms with E-state index in [1.165, 1.54) is 4.57 Å². The Labute approximate surface area is 142 Å². The first-order chi connectivity index (χ1) is 11.9. The van der Waals surface area contributed by atoms with E-state index >= 15 is 0 Å². The predicted octanol–water partition coefficient (Wildman–Crippen LogP) is 1.87. The molecule has 2 aromatic heterocycles. The zero-order chi connectivity index (χ0) is 17.9. The maximum Gasteiger partial charge on any atom is 0.433 e. The van der Waals surface area contributed by atoms with Crippen LogP contribution in [-0.2, 0) is 19.3 Å². The third-order valence-electron chi connectivity index (χ3n) is 4.54. The van der Waals surface area contributed by atoms with Gasteiger partial charge in [-0.3, -0.25) is 14.0 Å². The van der Waals surface area contributed by atoms with Crippen LogP contribution in [-0.4, -0.2) is 43.9 Å². The summed E-state index contributed by atoms with van der Waals surface area (Å²) in [5.41, 5.74) is -1.79. The molecule has 0 bridgehead atoms. The molecule has 25 heavy (non-hydrogen) atoms. The van der Waals surface area contributed by atoms with Crippen molar-refractivity contribution in [3.63, 3.8) is 0 Å². The summed E-state index contributed by atoms with van der Waals surface area (Å²) in [7, 11) is 0. The number of halogens is 3. The number of likely N-dealkylation sites (tertiary alicyclic amines) is 1. The molecule has 0 aliphatic carbocycles. The topological polar surface area (TPSA) is 56.0 Å². The van der Waals surface area contributed by atoms with E-state index in [1.54, 1.807) is 6.20 Å². The van der Waals surface area contributed by atoms with Crippen molar-refractivity contribution >= 4 is 0 Å². The molecule has 0 unspecified atom stereocenters. The number of rotatable bonds is 5. The SMILES string of the molecule is O=c1cc(C(F)(F)F)ncn1CC1CCN(CCn2cccn2)CC1. The van der Waals surface area contributed by atoms with E-state index in [0.29, 0.717) is 12.6 Å². The molecule has 0 spiro atoms. The van der Waals surface area contributed by atoms with Gasteiger partial charge in [0.1, 0.15) is 0 Å².